The van der Waals surface area contributed by atoms with Gasteiger partial charge in [-0.05, 0) is 130 Å². The van der Waals surface area contributed by atoms with Crippen molar-refractivity contribution in [1.82, 2.24) is 0 Å². The SMILES string of the molecule is CCCCC(CC)CN(CC(CC)CCCC)c1sc(C2=C([O-])/C(=C3/SC(=[N+](CC(CC)CCCC)CC(CC)CCCC)C4=C3CCCC4)C2=O)c2c1CCCC2. The van der Waals surface area contributed by atoms with E-state index in [1.807, 2.05) is 23.1 Å². The van der Waals surface area contributed by atoms with E-state index in [0.717, 1.165) is 74.5 Å². The number of Topliss-reactive ketones (excluding diaryl/α,β-unsaturated/α-hetero) is 1. The van der Waals surface area contributed by atoms with Crippen LogP contribution in [0.15, 0.2) is 27.4 Å². The van der Waals surface area contributed by atoms with Crippen LogP contribution in [0.2, 0.25) is 0 Å². The topological polar surface area (TPSA) is 46.4 Å². The van der Waals surface area contributed by atoms with Gasteiger partial charge in [-0.3, -0.25) is 4.79 Å². The van der Waals surface area contributed by atoms with Crippen LogP contribution in [0.1, 0.15) is 213 Å². The molecule has 0 spiro atoms. The number of carbonyl (C=O) groups excluding carboxylic acids is 1. The Balaban J connectivity index is 1.57. The van der Waals surface area contributed by atoms with Crippen molar-refractivity contribution < 1.29 is 14.5 Å². The molecule has 2 heterocycles. The Bertz CT molecular complexity index is 1590. The minimum absolute atomic E-state index is 0.0398. The number of hydrogen-bond donors (Lipinski definition) is 0. The maximum absolute atomic E-state index is 14.8. The summed E-state index contributed by atoms with van der Waals surface area (Å²) in [5.41, 5.74) is 6.66. The summed E-state index contributed by atoms with van der Waals surface area (Å²) < 4.78 is 2.76. The minimum Gasteiger partial charge on any atom is -0.871 e. The summed E-state index contributed by atoms with van der Waals surface area (Å²) in [5.74, 6) is 2.77. The molecule has 0 aromatic carbocycles. The number of thiophene rings is 1. The van der Waals surface area contributed by atoms with Crippen LogP contribution in [0.5, 0.6) is 0 Å². The summed E-state index contributed by atoms with van der Waals surface area (Å²) in [6.07, 6.45) is 28.9. The van der Waals surface area contributed by atoms with Gasteiger partial charge in [0.05, 0.1) is 5.00 Å². The van der Waals surface area contributed by atoms with Crippen LogP contribution in [0.4, 0.5) is 5.00 Å². The van der Waals surface area contributed by atoms with Crippen LogP contribution in [-0.2, 0) is 17.6 Å². The molecule has 1 aromatic heterocycles. The van der Waals surface area contributed by atoms with Crippen LogP contribution in [-0.4, -0.2) is 41.6 Å². The lowest BCUT2D eigenvalue weighted by Crippen LogP contribution is -2.34. The Morgan fingerprint density at radius 3 is 1.55 bits per heavy atom. The zero-order valence-electron chi connectivity index (χ0n) is 38.6. The average Bonchev–Trinajstić information content (AvgIpc) is 3.81. The molecule has 4 nitrogen and oxygen atoms in total. The molecule has 0 saturated carbocycles. The Labute approximate surface area is 364 Å². The summed E-state index contributed by atoms with van der Waals surface area (Å²) in [4.78, 5) is 19.6. The highest BCUT2D eigenvalue weighted by Crippen LogP contribution is 2.54. The van der Waals surface area contributed by atoms with E-state index < -0.39 is 0 Å². The van der Waals surface area contributed by atoms with Gasteiger partial charge in [-0.2, -0.15) is 0 Å². The summed E-state index contributed by atoms with van der Waals surface area (Å²) in [6.45, 7) is 23.1. The predicted molar refractivity (Wildman–Crippen MR) is 253 cm³/mol. The van der Waals surface area contributed by atoms with Gasteiger partial charge in [0.1, 0.15) is 13.1 Å². The maximum atomic E-state index is 14.8. The zero-order valence-corrected chi connectivity index (χ0v) is 40.3. The fraction of sp³-hybridized carbons (Fsp3) is 0.769. The Morgan fingerprint density at radius 2 is 1.07 bits per heavy atom. The van der Waals surface area contributed by atoms with Gasteiger partial charge in [0.2, 0.25) is 5.04 Å². The van der Waals surface area contributed by atoms with Gasteiger partial charge in [0.25, 0.3) is 0 Å². The van der Waals surface area contributed by atoms with Gasteiger partial charge >= 0.3 is 0 Å². The van der Waals surface area contributed by atoms with E-state index in [1.54, 1.807) is 0 Å². The van der Waals surface area contributed by atoms with Gasteiger partial charge in [-0.1, -0.05) is 125 Å². The van der Waals surface area contributed by atoms with Gasteiger partial charge in [-0.15, -0.1) is 11.3 Å². The first-order chi connectivity index (χ1) is 28.3. The van der Waals surface area contributed by atoms with Crippen molar-refractivity contribution in [2.24, 2.45) is 23.7 Å². The molecular weight excluding hydrogens is 749 g/mol. The highest BCUT2D eigenvalue weighted by atomic mass is 32.2. The minimum atomic E-state index is 0.0398. The third kappa shape index (κ3) is 11.4. The molecule has 1 aromatic rings. The van der Waals surface area contributed by atoms with Crippen molar-refractivity contribution in [3.63, 3.8) is 0 Å². The Hall–Kier alpha value is -1.79. The molecule has 0 N–H and O–H groups in total. The normalized spacial score (nSPS) is 20.3. The molecule has 58 heavy (non-hydrogen) atoms. The number of anilines is 1. The molecule has 4 unspecified atom stereocenters. The molecule has 0 saturated heterocycles. The van der Waals surface area contributed by atoms with E-state index in [0.29, 0.717) is 34.8 Å². The van der Waals surface area contributed by atoms with Crippen molar-refractivity contribution in [3.05, 3.63) is 43.4 Å². The fourth-order valence-electron chi connectivity index (χ4n) is 10.3. The number of allylic oxidation sites excluding steroid dienone is 3. The molecule has 0 fully saturated rings. The van der Waals surface area contributed by atoms with Crippen molar-refractivity contribution in [3.8, 4) is 0 Å². The van der Waals surface area contributed by atoms with Gasteiger partial charge < -0.3 is 10.0 Å². The molecule has 0 amide bonds. The lowest BCUT2D eigenvalue weighted by atomic mass is 9.80. The van der Waals surface area contributed by atoms with Gasteiger partial charge in [0.15, 0.2) is 5.78 Å². The molecule has 5 rings (SSSR count). The molecule has 326 valence electrons. The molecule has 4 aliphatic rings. The second-order valence-corrected chi connectivity index (χ2v) is 20.7. The van der Waals surface area contributed by atoms with Crippen LogP contribution in [0.25, 0.3) is 5.57 Å². The molecular formula is C52H84N2O2S2. The van der Waals surface area contributed by atoms with E-state index in [4.69, 9.17) is 0 Å². The molecule has 6 heteroatoms. The monoisotopic (exact) mass is 833 g/mol. The lowest BCUT2D eigenvalue weighted by molar-refractivity contribution is -0.539. The first-order valence-electron chi connectivity index (χ1n) is 24.9. The van der Waals surface area contributed by atoms with E-state index >= 15 is 0 Å². The second kappa shape index (κ2) is 24.0. The number of hydrogen-bond acceptors (Lipinski definition) is 5. The lowest BCUT2D eigenvalue weighted by Gasteiger charge is -2.33. The third-order valence-corrected chi connectivity index (χ3v) is 17.1. The highest BCUT2D eigenvalue weighted by molar-refractivity contribution is 8.18. The highest BCUT2D eigenvalue weighted by Gasteiger charge is 2.43. The number of fused-ring (bicyclic) bond motifs is 1. The maximum Gasteiger partial charge on any atom is 0.243 e. The standard InChI is InChI=1S/C52H84N2O2S2/c1-9-17-25-37(13-5)33-53(34-38(14-6)26-18-10-2)51-43-31-23-21-29-41(43)49(57-51)45-47(55)46(48(45)56)50-42-30-22-24-32-44(42)52(58-50)54(35-39(15-7)27-19-11-3)36-40(16-8)28-20-12-4/h37-40H,9-36H2,1-8H3. The van der Waals surface area contributed by atoms with E-state index in [-0.39, 0.29) is 11.5 Å². The second-order valence-electron chi connectivity index (χ2n) is 18.7. The zero-order chi connectivity index (χ0) is 41.6. The number of carbonyl (C=O) groups is 1. The quantitative estimate of drug-likeness (QED) is 0.0689. The Kier molecular flexibility index (Phi) is 19.6. The van der Waals surface area contributed by atoms with E-state index in [1.165, 1.54) is 148 Å². The Morgan fingerprint density at radius 1 is 0.603 bits per heavy atom. The molecule has 3 aliphatic carbocycles. The number of nitrogens with zero attached hydrogens (tertiary/aromatic N) is 2. The molecule has 0 bridgehead atoms. The largest absolute Gasteiger partial charge is 0.871 e. The number of ketones is 1. The predicted octanol–water partition coefficient (Wildman–Crippen LogP) is 14.2. The third-order valence-electron chi connectivity index (χ3n) is 14.4. The first-order valence-corrected chi connectivity index (χ1v) is 26.5. The van der Waals surface area contributed by atoms with Crippen LogP contribution < -0.4 is 10.0 Å². The van der Waals surface area contributed by atoms with Gasteiger partial charge in [0, 0.05) is 51.4 Å². The van der Waals surface area contributed by atoms with Gasteiger partial charge in [-0.25, -0.2) is 4.58 Å². The van der Waals surface area contributed by atoms with Crippen molar-refractivity contribution >= 4 is 44.5 Å². The number of rotatable bonds is 26. The summed E-state index contributed by atoms with van der Waals surface area (Å²) in [6, 6.07) is 0. The van der Waals surface area contributed by atoms with Crippen LogP contribution in [0, 0.1) is 23.7 Å². The summed E-state index contributed by atoms with van der Waals surface area (Å²) in [5, 5.41) is 17.5. The number of unbranched alkanes of at least 4 members (excludes halogenated alkanes) is 4. The van der Waals surface area contributed by atoms with Crippen molar-refractivity contribution in [2.45, 2.75) is 209 Å². The summed E-state index contributed by atoms with van der Waals surface area (Å²) in [7, 11) is 0. The fourth-order valence-corrected chi connectivity index (χ4v) is 13.3. The average molecular weight is 833 g/mol. The number of thioether (sulfide) groups is 1. The molecule has 0 radical (unpaired) electrons. The summed E-state index contributed by atoms with van der Waals surface area (Å²) >= 11 is 3.65. The molecule has 4 atom stereocenters. The van der Waals surface area contributed by atoms with Crippen LogP contribution >= 0.6 is 23.1 Å². The van der Waals surface area contributed by atoms with E-state index in [9.17, 15) is 9.90 Å². The van der Waals surface area contributed by atoms with Crippen molar-refractivity contribution in [1.29, 1.82) is 0 Å². The smallest absolute Gasteiger partial charge is 0.243 e. The first kappa shape index (κ1) is 47.3. The van der Waals surface area contributed by atoms with Crippen LogP contribution in [0.3, 0.4) is 0 Å². The van der Waals surface area contributed by atoms with E-state index in [2.05, 4.69) is 64.9 Å². The van der Waals surface area contributed by atoms with Crippen molar-refractivity contribution in [2.75, 3.05) is 31.1 Å². The molecule has 1 aliphatic heterocycles.